The number of rotatable bonds is 3. The van der Waals surface area contributed by atoms with Crippen molar-refractivity contribution in [3.8, 4) is 0 Å². The minimum Gasteiger partial charge on any atom is -0.369 e. The van der Waals surface area contributed by atoms with Gasteiger partial charge in [-0.2, -0.15) is 0 Å². The van der Waals surface area contributed by atoms with Crippen LogP contribution in [-0.2, 0) is 9.53 Å². The average Bonchev–Trinajstić information content (AvgIpc) is 2.38. The molecule has 2 aliphatic heterocycles. The van der Waals surface area contributed by atoms with E-state index in [0.717, 1.165) is 25.9 Å². The summed E-state index contributed by atoms with van der Waals surface area (Å²) in [5.74, 6) is 0.104. The van der Waals surface area contributed by atoms with Gasteiger partial charge in [-0.05, 0) is 33.2 Å². The van der Waals surface area contributed by atoms with Gasteiger partial charge < -0.3 is 15.4 Å². The number of hydrogen-bond acceptors (Lipinski definition) is 4. The minimum absolute atomic E-state index is 0.0587. The molecular weight excluding hydrogens is 230 g/mol. The van der Waals surface area contributed by atoms with Crippen LogP contribution in [0.2, 0.25) is 0 Å². The molecule has 2 N–H and O–H groups in total. The molecular formula is C13H25N3O2. The predicted molar refractivity (Wildman–Crippen MR) is 70.2 cm³/mol. The van der Waals surface area contributed by atoms with Crippen molar-refractivity contribution in [2.75, 3.05) is 32.8 Å². The minimum atomic E-state index is 0.0587. The molecule has 0 bridgehead atoms. The van der Waals surface area contributed by atoms with Crippen LogP contribution in [0.3, 0.4) is 0 Å². The molecule has 0 aromatic carbocycles. The van der Waals surface area contributed by atoms with Gasteiger partial charge in [0.2, 0.25) is 5.91 Å². The number of amides is 1. The van der Waals surface area contributed by atoms with E-state index in [1.807, 2.05) is 4.90 Å². The Morgan fingerprint density at radius 1 is 1.50 bits per heavy atom. The molecule has 5 nitrogen and oxygen atoms in total. The lowest BCUT2D eigenvalue weighted by Gasteiger charge is -2.45. The Bertz CT molecular complexity index is 296. The molecule has 1 amide bonds. The van der Waals surface area contributed by atoms with Gasteiger partial charge in [0.25, 0.3) is 0 Å². The Hall–Kier alpha value is -0.650. The molecule has 0 radical (unpaired) electrons. The normalized spacial score (nSPS) is 31.1. The van der Waals surface area contributed by atoms with E-state index in [4.69, 9.17) is 10.5 Å². The number of piperidine rings is 1. The van der Waals surface area contributed by atoms with E-state index in [0.29, 0.717) is 25.2 Å². The molecule has 0 aromatic rings. The Morgan fingerprint density at radius 2 is 2.28 bits per heavy atom. The van der Waals surface area contributed by atoms with E-state index in [9.17, 15) is 4.79 Å². The molecule has 104 valence electrons. The van der Waals surface area contributed by atoms with Crippen LogP contribution in [0.1, 0.15) is 26.7 Å². The largest absolute Gasteiger partial charge is 0.369 e. The highest BCUT2D eigenvalue weighted by Crippen LogP contribution is 2.21. The maximum Gasteiger partial charge on any atom is 0.249 e. The third-order valence-electron chi connectivity index (χ3n) is 4.04. The predicted octanol–water partition coefficient (Wildman–Crippen LogP) is 0.0453. The molecule has 2 atom stereocenters. The van der Waals surface area contributed by atoms with Gasteiger partial charge >= 0.3 is 0 Å². The zero-order valence-electron chi connectivity index (χ0n) is 11.5. The monoisotopic (exact) mass is 255 g/mol. The average molecular weight is 255 g/mol. The van der Waals surface area contributed by atoms with Crippen LogP contribution in [0, 0.1) is 0 Å². The Kier molecular flexibility index (Phi) is 4.59. The molecule has 2 heterocycles. The second-order valence-corrected chi connectivity index (χ2v) is 5.59. The van der Waals surface area contributed by atoms with Crippen LogP contribution in [0.4, 0.5) is 0 Å². The molecule has 18 heavy (non-hydrogen) atoms. The van der Waals surface area contributed by atoms with Crippen molar-refractivity contribution in [3.63, 3.8) is 0 Å². The van der Waals surface area contributed by atoms with Crippen LogP contribution in [0.15, 0.2) is 0 Å². The molecule has 2 fully saturated rings. The van der Waals surface area contributed by atoms with Gasteiger partial charge in [0.1, 0.15) is 6.61 Å². The molecule has 2 unspecified atom stereocenters. The summed E-state index contributed by atoms with van der Waals surface area (Å²) in [6.07, 6.45) is 2.25. The lowest BCUT2D eigenvalue weighted by Crippen LogP contribution is -2.61. The molecule has 0 saturated carbocycles. The fourth-order valence-electron chi connectivity index (χ4n) is 3.00. The third kappa shape index (κ3) is 2.84. The lowest BCUT2D eigenvalue weighted by atomic mass is 10.00. The number of carbonyl (C=O) groups is 1. The smallest absolute Gasteiger partial charge is 0.249 e. The SMILES string of the molecule is CC(C)N1CCCC(N2C(=O)COCC2CN)C1. The van der Waals surface area contributed by atoms with E-state index >= 15 is 0 Å². The molecule has 2 rings (SSSR count). The van der Waals surface area contributed by atoms with E-state index in [1.165, 1.54) is 0 Å². The fraction of sp³-hybridized carbons (Fsp3) is 0.923. The number of nitrogens with zero attached hydrogens (tertiary/aromatic N) is 2. The Balaban J connectivity index is 2.05. The Morgan fingerprint density at radius 3 is 2.94 bits per heavy atom. The summed E-state index contributed by atoms with van der Waals surface area (Å²) in [6, 6.07) is 0.912. The van der Waals surface area contributed by atoms with Crippen molar-refractivity contribution in [1.29, 1.82) is 0 Å². The topological polar surface area (TPSA) is 58.8 Å². The highest BCUT2D eigenvalue weighted by Gasteiger charge is 2.36. The van der Waals surface area contributed by atoms with Gasteiger partial charge in [-0.3, -0.25) is 9.69 Å². The summed E-state index contributed by atoms with van der Waals surface area (Å²) >= 11 is 0. The molecule has 0 spiro atoms. The number of morpholine rings is 1. The molecule has 0 aromatic heterocycles. The van der Waals surface area contributed by atoms with Crippen LogP contribution < -0.4 is 5.73 Å². The highest BCUT2D eigenvalue weighted by atomic mass is 16.5. The maximum absolute atomic E-state index is 12.1. The standard InChI is InChI=1S/C13H25N3O2/c1-10(2)15-5-3-4-11(7-15)16-12(6-14)8-18-9-13(16)17/h10-12H,3-9,14H2,1-2H3. The van der Waals surface area contributed by atoms with Crippen LogP contribution in [0.25, 0.3) is 0 Å². The first-order valence-electron chi connectivity index (χ1n) is 6.96. The quantitative estimate of drug-likeness (QED) is 0.774. The first-order chi connectivity index (χ1) is 8.63. The first kappa shape index (κ1) is 13.8. The summed E-state index contributed by atoms with van der Waals surface area (Å²) in [5, 5.41) is 0. The summed E-state index contributed by atoms with van der Waals surface area (Å²) in [4.78, 5) is 16.5. The number of nitrogens with two attached hydrogens (primary N) is 1. The molecule has 5 heteroatoms. The van der Waals surface area contributed by atoms with Gasteiger partial charge in [-0.1, -0.05) is 0 Å². The second kappa shape index (κ2) is 5.99. The zero-order valence-corrected chi connectivity index (χ0v) is 11.5. The van der Waals surface area contributed by atoms with E-state index in [-0.39, 0.29) is 18.6 Å². The van der Waals surface area contributed by atoms with Crippen molar-refractivity contribution in [3.05, 3.63) is 0 Å². The van der Waals surface area contributed by atoms with E-state index in [1.54, 1.807) is 0 Å². The van der Waals surface area contributed by atoms with Crippen molar-refractivity contribution in [2.45, 2.75) is 44.8 Å². The Labute approximate surface area is 109 Å². The fourth-order valence-corrected chi connectivity index (χ4v) is 3.00. The van der Waals surface area contributed by atoms with Crippen LogP contribution in [-0.4, -0.2) is 66.7 Å². The van der Waals surface area contributed by atoms with Gasteiger partial charge in [0.15, 0.2) is 0 Å². The number of likely N-dealkylation sites (tertiary alicyclic amines) is 1. The first-order valence-corrected chi connectivity index (χ1v) is 6.96. The van der Waals surface area contributed by atoms with Crippen molar-refractivity contribution < 1.29 is 9.53 Å². The van der Waals surface area contributed by atoms with E-state index in [2.05, 4.69) is 18.7 Å². The molecule has 2 aliphatic rings. The number of carbonyl (C=O) groups excluding carboxylic acids is 1. The van der Waals surface area contributed by atoms with Gasteiger partial charge in [0, 0.05) is 25.2 Å². The van der Waals surface area contributed by atoms with E-state index < -0.39 is 0 Å². The summed E-state index contributed by atoms with van der Waals surface area (Å²) in [6.45, 7) is 7.83. The molecule has 2 saturated heterocycles. The van der Waals surface area contributed by atoms with Crippen LogP contribution >= 0.6 is 0 Å². The zero-order chi connectivity index (χ0) is 13.1. The number of hydrogen-bond donors (Lipinski definition) is 1. The third-order valence-corrected chi connectivity index (χ3v) is 4.04. The number of ether oxygens (including phenoxy) is 1. The summed E-state index contributed by atoms with van der Waals surface area (Å²) in [5.41, 5.74) is 5.77. The highest BCUT2D eigenvalue weighted by molar-refractivity contribution is 5.78. The van der Waals surface area contributed by atoms with Crippen molar-refractivity contribution in [2.24, 2.45) is 5.73 Å². The van der Waals surface area contributed by atoms with Crippen molar-refractivity contribution in [1.82, 2.24) is 9.80 Å². The van der Waals surface area contributed by atoms with Gasteiger partial charge in [0.05, 0.1) is 12.6 Å². The molecule has 0 aliphatic carbocycles. The van der Waals surface area contributed by atoms with Crippen molar-refractivity contribution >= 4 is 5.91 Å². The van der Waals surface area contributed by atoms with Crippen LogP contribution in [0.5, 0.6) is 0 Å². The second-order valence-electron chi connectivity index (χ2n) is 5.59. The van der Waals surface area contributed by atoms with Gasteiger partial charge in [-0.25, -0.2) is 0 Å². The van der Waals surface area contributed by atoms with Gasteiger partial charge in [-0.15, -0.1) is 0 Å². The maximum atomic E-state index is 12.1. The summed E-state index contributed by atoms with van der Waals surface area (Å²) in [7, 11) is 0. The summed E-state index contributed by atoms with van der Waals surface area (Å²) < 4.78 is 5.30. The lowest BCUT2D eigenvalue weighted by molar-refractivity contribution is -0.153.